The van der Waals surface area contributed by atoms with Crippen molar-refractivity contribution in [1.29, 1.82) is 0 Å². The van der Waals surface area contributed by atoms with E-state index < -0.39 is 0 Å². The summed E-state index contributed by atoms with van der Waals surface area (Å²) in [5, 5.41) is 0. The first-order valence-electron chi connectivity index (χ1n) is 5.77. The molecule has 0 aliphatic carbocycles. The van der Waals surface area contributed by atoms with E-state index in [1.54, 1.807) is 0 Å². The fourth-order valence-electron chi connectivity index (χ4n) is 1.59. The maximum atomic E-state index is 5.61. The van der Waals surface area contributed by atoms with Crippen molar-refractivity contribution in [3.8, 4) is 5.75 Å². The molecule has 4 nitrogen and oxygen atoms in total. The summed E-state index contributed by atoms with van der Waals surface area (Å²) in [4.78, 5) is 4.26. The topological polar surface area (TPSA) is 53.1 Å². The molecule has 0 radical (unpaired) electrons. The molecule has 17 heavy (non-hydrogen) atoms. The van der Waals surface area contributed by atoms with Crippen LogP contribution >= 0.6 is 0 Å². The number of imidazole rings is 1. The number of rotatable bonds is 6. The highest BCUT2D eigenvalue weighted by atomic mass is 16.5. The number of hydrogen-bond acceptors (Lipinski definition) is 3. The quantitative estimate of drug-likeness (QED) is 0.819. The van der Waals surface area contributed by atoms with Crippen LogP contribution in [0.15, 0.2) is 42.9 Å². The molecule has 0 bridgehead atoms. The molecule has 0 atom stereocenters. The molecule has 2 aromatic rings. The Kier molecular flexibility index (Phi) is 4.16. The van der Waals surface area contributed by atoms with Crippen molar-refractivity contribution in [3.05, 3.63) is 48.5 Å². The monoisotopic (exact) mass is 231 g/mol. The zero-order valence-electron chi connectivity index (χ0n) is 9.75. The van der Waals surface area contributed by atoms with Crippen molar-refractivity contribution < 1.29 is 4.74 Å². The Balaban J connectivity index is 1.78. The lowest BCUT2D eigenvalue weighted by atomic mass is 10.3. The fraction of sp³-hybridized carbons (Fsp3) is 0.308. The summed E-state index contributed by atoms with van der Waals surface area (Å²) < 4.78 is 7.63. The van der Waals surface area contributed by atoms with E-state index in [0.717, 1.165) is 24.4 Å². The average Bonchev–Trinajstić information content (AvgIpc) is 2.79. The van der Waals surface area contributed by atoms with E-state index in [-0.39, 0.29) is 0 Å². The lowest BCUT2D eigenvalue weighted by Crippen LogP contribution is -2.06. The zero-order valence-corrected chi connectivity index (χ0v) is 9.75. The molecule has 0 saturated carbocycles. The lowest BCUT2D eigenvalue weighted by Gasteiger charge is -2.05. The van der Waals surface area contributed by atoms with Gasteiger partial charge in [0.15, 0.2) is 0 Å². The number of hydrogen-bond donors (Lipinski definition) is 1. The first-order chi connectivity index (χ1) is 8.38. The number of nitrogens with zero attached hydrogens (tertiary/aromatic N) is 2. The minimum atomic E-state index is 0.636. The number of aromatic nitrogens is 2. The second-order valence-corrected chi connectivity index (χ2v) is 3.80. The maximum absolute atomic E-state index is 5.61. The molecule has 0 fully saturated rings. The van der Waals surface area contributed by atoms with E-state index in [4.69, 9.17) is 10.5 Å². The highest BCUT2D eigenvalue weighted by Crippen LogP contribution is 2.08. The van der Waals surface area contributed by atoms with Crippen LogP contribution in [0.5, 0.6) is 5.75 Å². The average molecular weight is 231 g/mol. The van der Waals surface area contributed by atoms with Gasteiger partial charge in [-0.15, -0.1) is 0 Å². The third-order valence-electron chi connectivity index (χ3n) is 2.45. The van der Waals surface area contributed by atoms with Crippen LogP contribution in [0.1, 0.15) is 5.69 Å². The first kappa shape index (κ1) is 11.7. The Labute approximate surface area is 101 Å². The summed E-state index contributed by atoms with van der Waals surface area (Å²) in [5.41, 5.74) is 6.51. The standard InChI is InChI=1S/C13H17N3O/c14-7-6-12-10-16(11-15-12)8-9-17-13-4-2-1-3-5-13/h1-5,10-11H,6-9,14H2. The van der Waals surface area contributed by atoms with Crippen LogP contribution in [0, 0.1) is 0 Å². The fourth-order valence-corrected chi connectivity index (χ4v) is 1.59. The number of para-hydroxylation sites is 1. The van der Waals surface area contributed by atoms with E-state index in [1.165, 1.54) is 0 Å². The van der Waals surface area contributed by atoms with Gasteiger partial charge < -0.3 is 15.0 Å². The predicted molar refractivity (Wildman–Crippen MR) is 66.9 cm³/mol. The molecule has 0 aliphatic rings. The molecule has 0 aliphatic heterocycles. The Morgan fingerprint density at radius 1 is 1.24 bits per heavy atom. The molecular formula is C13H17N3O. The van der Waals surface area contributed by atoms with E-state index in [1.807, 2.05) is 47.4 Å². The van der Waals surface area contributed by atoms with Gasteiger partial charge in [0.05, 0.1) is 18.6 Å². The van der Waals surface area contributed by atoms with Gasteiger partial charge in [-0.25, -0.2) is 4.98 Å². The van der Waals surface area contributed by atoms with Gasteiger partial charge in [0, 0.05) is 12.6 Å². The molecule has 1 aromatic heterocycles. The molecule has 4 heteroatoms. The smallest absolute Gasteiger partial charge is 0.119 e. The Bertz CT molecular complexity index is 439. The van der Waals surface area contributed by atoms with Crippen molar-refractivity contribution in [2.24, 2.45) is 5.73 Å². The Hall–Kier alpha value is -1.81. The first-order valence-corrected chi connectivity index (χ1v) is 5.77. The maximum Gasteiger partial charge on any atom is 0.119 e. The molecule has 0 unspecified atom stereocenters. The molecule has 90 valence electrons. The highest BCUT2D eigenvalue weighted by Gasteiger charge is 1.98. The van der Waals surface area contributed by atoms with E-state index in [9.17, 15) is 0 Å². The largest absolute Gasteiger partial charge is 0.492 e. The third kappa shape index (κ3) is 3.60. The third-order valence-corrected chi connectivity index (χ3v) is 2.45. The van der Waals surface area contributed by atoms with Gasteiger partial charge in [0.2, 0.25) is 0 Å². The van der Waals surface area contributed by atoms with Crippen LogP contribution in [0.4, 0.5) is 0 Å². The molecule has 0 amide bonds. The molecule has 1 heterocycles. The summed E-state index contributed by atoms with van der Waals surface area (Å²) in [5.74, 6) is 0.898. The van der Waals surface area contributed by atoms with Crippen LogP contribution in [0.2, 0.25) is 0 Å². The zero-order chi connectivity index (χ0) is 11.9. The van der Waals surface area contributed by atoms with Crippen molar-refractivity contribution in [2.75, 3.05) is 13.2 Å². The van der Waals surface area contributed by atoms with Gasteiger partial charge in [-0.3, -0.25) is 0 Å². The minimum absolute atomic E-state index is 0.636. The van der Waals surface area contributed by atoms with Crippen molar-refractivity contribution in [2.45, 2.75) is 13.0 Å². The Morgan fingerprint density at radius 2 is 2.06 bits per heavy atom. The summed E-state index contributed by atoms with van der Waals surface area (Å²) >= 11 is 0. The Morgan fingerprint density at radius 3 is 2.82 bits per heavy atom. The van der Waals surface area contributed by atoms with E-state index >= 15 is 0 Å². The van der Waals surface area contributed by atoms with Crippen LogP contribution in [0.25, 0.3) is 0 Å². The van der Waals surface area contributed by atoms with Gasteiger partial charge in [0.1, 0.15) is 12.4 Å². The van der Waals surface area contributed by atoms with Crippen molar-refractivity contribution in [1.82, 2.24) is 9.55 Å². The van der Waals surface area contributed by atoms with Crippen molar-refractivity contribution >= 4 is 0 Å². The summed E-state index contributed by atoms with van der Waals surface area (Å²) in [6, 6.07) is 9.81. The highest BCUT2D eigenvalue weighted by molar-refractivity contribution is 5.20. The molecule has 0 saturated heterocycles. The number of nitrogens with two attached hydrogens (primary N) is 1. The lowest BCUT2D eigenvalue weighted by molar-refractivity contribution is 0.298. The number of ether oxygens (including phenoxy) is 1. The van der Waals surface area contributed by atoms with Gasteiger partial charge in [-0.05, 0) is 18.7 Å². The van der Waals surface area contributed by atoms with E-state index in [0.29, 0.717) is 13.2 Å². The van der Waals surface area contributed by atoms with Crippen molar-refractivity contribution in [3.63, 3.8) is 0 Å². The molecule has 0 spiro atoms. The van der Waals surface area contributed by atoms with E-state index in [2.05, 4.69) is 4.98 Å². The summed E-state index contributed by atoms with van der Waals surface area (Å²) in [6.07, 6.45) is 4.66. The minimum Gasteiger partial charge on any atom is -0.492 e. The second kappa shape index (κ2) is 6.06. The van der Waals surface area contributed by atoms with Gasteiger partial charge in [0.25, 0.3) is 0 Å². The SMILES string of the molecule is NCCc1cn(CCOc2ccccc2)cn1. The normalized spacial score (nSPS) is 10.4. The van der Waals surface area contributed by atoms with Crippen LogP contribution in [0.3, 0.4) is 0 Å². The van der Waals surface area contributed by atoms with Crippen LogP contribution in [-0.2, 0) is 13.0 Å². The molecular weight excluding hydrogens is 214 g/mol. The van der Waals surface area contributed by atoms with Gasteiger partial charge >= 0.3 is 0 Å². The summed E-state index contributed by atoms with van der Waals surface area (Å²) in [7, 11) is 0. The predicted octanol–water partition coefficient (Wildman–Crippen LogP) is 1.46. The molecule has 2 N–H and O–H groups in total. The van der Waals surface area contributed by atoms with Crippen LogP contribution < -0.4 is 10.5 Å². The van der Waals surface area contributed by atoms with Crippen LogP contribution in [-0.4, -0.2) is 22.7 Å². The number of benzene rings is 1. The summed E-state index contributed by atoms with van der Waals surface area (Å²) in [6.45, 7) is 2.08. The molecule has 2 rings (SSSR count). The van der Waals surface area contributed by atoms with Gasteiger partial charge in [-0.1, -0.05) is 18.2 Å². The van der Waals surface area contributed by atoms with Gasteiger partial charge in [-0.2, -0.15) is 0 Å². The second-order valence-electron chi connectivity index (χ2n) is 3.80. The molecule has 1 aromatic carbocycles.